The Morgan fingerprint density at radius 1 is 0.295 bits per heavy atom. The number of nitrogens with zero attached hydrogens (tertiary/aromatic N) is 2. The molecule has 0 saturated heterocycles. The molecule has 0 atom stereocenters. The summed E-state index contributed by atoms with van der Waals surface area (Å²) in [4.78, 5) is 0. The molecule has 78 heavy (non-hydrogen) atoms. The molecule has 14 aromatic rings. The molecule has 0 amide bonds. The normalized spacial score (nSPS) is 14.3. The maximum Gasteiger partial charge on any atom is 0.0620 e. The molecule has 0 N–H and O–H groups in total. The van der Waals surface area contributed by atoms with Gasteiger partial charge in [-0.15, -0.1) is 0 Å². The van der Waals surface area contributed by atoms with Crippen molar-refractivity contribution in [1.29, 1.82) is 0 Å². The lowest BCUT2D eigenvalue weighted by molar-refractivity contribution is 1.14. The first-order chi connectivity index (χ1) is 38.7. The van der Waals surface area contributed by atoms with Gasteiger partial charge in [0, 0.05) is 43.4 Å². The standard InChI is InChI=1S/C76H48N2/c1-5-15-45(16-6-1)71-61-43-55-33-40-60-70-56(34-39-59(69(55)70)75(61)77(73(71)53-19-9-3-10-20-53)63-41-35-51-29-27-47-23-13-25-49-31-37-57(63)67(51)65(47)49)44-62-72(46-17-7-2-8-18-46)74(54-21-11-4-12-22-54)78(76(60)62)64-42-36-52-30-28-48-24-14-26-50-32-38-58(64)68(52)66(48)50/h1-22,25-28,31-44H,23-24,29-30H2. The van der Waals surface area contributed by atoms with E-state index >= 15 is 0 Å². The zero-order valence-corrected chi connectivity index (χ0v) is 42.8. The van der Waals surface area contributed by atoms with Gasteiger partial charge in [-0.25, -0.2) is 0 Å². The summed E-state index contributed by atoms with van der Waals surface area (Å²) in [6.45, 7) is 0. The minimum absolute atomic E-state index is 0.947. The van der Waals surface area contributed by atoms with E-state index in [1.165, 1.54) is 176 Å². The van der Waals surface area contributed by atoms with E-state index in [-0.39, 0.29) is 0 Å². The second-order valence-corrected chi connectivity index (χ2v) is 22.0. The molecule has 0 radical (unpaired) electrons. The number of hydrogen-bond donors (Lipinski definition) is 0. The van der Waals surface area contributed by atoms with Crippen LogP contribution in [0.5, 0.6) is 0 Å². The van der Waals surface area contributed by atoms with Gasteiger partial charge >= 0.3 is 0 Å². The highest BCUT2D eigenvalue weighted by Crippen LogP contribution is 2.54. The summed E-state index contributed by atoms with van der Waals surface area (Å²) in [5.74, 6) is 0. The molecule has 0 saturated carbocycles. The van der Waals surface area contributed by atoms with E-state index in [1.54, 1.807) is 0 Å². The first kappa shape index (κ1) is 42.5. The molecule has 0 unspecified atom stereocenters. The van der Waals surface area contributed by atoms with Crippen molar-refractivity contribution in [2.75, 3.05) is 0 Å². The molecular weight excluding hydrogens is 941 g/mol. The molecular formula is C76H48N2. The molecule has 0 aliphatic heterocycles. The summed E-state index contributed by atoms with van der Waals surface area (Å²) in [7, 11) is 0. The topological polar surface area (TPSA) is 9.86 Å². The van der Waals surface area contributed by atoms with E-state index in [9.17, 15) is 0 Å². The van der Waals surface area contributed by atoms with Crippen molar-refractivity contribution < 1.29 is 0 Å². The molecule has 362 valence electrons. The SMILES string of the molecule is C1=Cc2ccc3c(-n4c(-c5ccccc5)c(-c5ccccc5)c5cc6ccc7c8c(ccc(c68)c54)cc4c(-c5ccccc5)c(-c5ccccc5)n(-c5ccc6c8c9c(ccc58)C=CCC9=CC6)c47)ccc4c3c2C(=CC4)C1. The van der Waals surface area contributed by atoms with Crippen molar-refractivity contribution in [3.63, 3.8) is 0 Å². The Morgan fingerprint density at radius 2 is 0.692 bits per heavy atom. The van der Waals surface area contributed by atoms with Gasteiger partial charge < -0.3 is 9.13 Å². The number of aromatic nitrogens is 2. The Labute approximate surface area is 451 Å². The smallest absolute Gasteiger partial charge is 0.0620 e. The van der Waals surface area contributed by atoms with E-state index in [0.717, 1.165) is 25.7 Å². The van der Waals surface area contributed by atoms with Gasteiger partial charge in [-0.3, -0.25) is 0 Å². The fourth-order valence-corrected chi connectivity index (χ4v) is 14.9. The van der Waals surface area contributed by atoms with Crippen LogP contribution in [0.2, 0.25) is 0 Å². The van der Waals surface area contributed by atoms with Crippen molar-refractivity contribution in [3.05, 3.63) is 264 Å². The lowest BCUT2D eigenvalue weighted by atomic mass is 9.81. The Hall–Kier alpha value is -9.76. The van der Waals surface area contributed by atoms with Crippen molar-refractivity contribution in [1.82, 2.24) is 9.13 Å². The van der Waals surface area contributed by atoms with E-state index < -0.39 is 0 Å². The monoisotopic (exact) mass is 988 g/mol. The van der Waals surface area contributed by atoms with Crippen LogP contribution in [-0.2, 0) is 12.8 Å². The molecule has 4 aliphatic carbocycles. The zero-order chi connectivity index (χ0) is 50.7. The average molecular weight is 989 g/mol. The Balaban J connectivity index is 1.03. The average Bonchev–Trinajstić information content (AvgIpc) is 4.08. The third-order valence-electron chi connectivity index (χ3n) is 18.1. The molecule has 12 aromatic carbocycles. The zero-order valence-electron chi connectivity index (χ0n) is 42.8. The van der Waals surface area contributed by atoms with Gasteiger partial charge in [0.05, 0.1) is 33.8 Å². The highest BCUT2D eigenvalue weighted by atomic mass is 15.0. The van der Waals surface area contributed by atoms with Crippen molar-refractivity contribution in [2.45, 2.75) is 25.7 Å². The quantitative estimate of drug-likeness (QED) is 0.147. The molecule has 18 rings (SSSR count). The third kappa shape index (κ3) is 5.71. The van der Waals surface area contributed by atoms with Crippen molar-refractivity contribution in [2.24, 2.45) is 0 Å². The van der Waals surface area contributed by atoms with Gasteiger partial charge in [-0.1, -0.05) is 218 Å². The maximum absolute atomic E-state index is 2.66. The molecule has 2 nitrogen and oxygen atoms in total. The van der Waals surface area contributed by atoms with Crippen LogP contribution in [0.1, 0.15) is 46.2 Å². The van der Waals surface area contributed by atoms with Crippen LogP contribution in [0.3, 0.4) is 0 Å². The van der Waals surface area contributed by atoms with E-state index in [2.05, 4.69) is 252 Å². The Kier molecular flexibility index (Phi) is 8.65. The summed E-state index contributed by atoms with van der Waals surface area (Å²) in [6, 6.07) is 78.6. The molecule has 2 aromatic heterocycles. The largest absolute Gasteiger partial charge is 0.307 e. The third-order valence-corrected chi connectivity index (χ3v) is 18.1. The van der Waals surface area contributed by atoms with Crippen LogP contribution >= 0.6 is 0 Å². The minimum atomic E-state index is 0.947. The molecule has 0 fully saturated rings. The van der Waals surface area contributed by atoms with Crippen LogP contribution in [0.15, 0.2) is 231 Å². The highest BCUT2D eigenvalue weighted by Gasteiger charge is 2.31. The number of benzene rings is 12. The second kappa shape index (κ2) is 15.9. The predicted octanol–water partition coefficient (Wildman–Crippen LogP) is 20.2. The summed E-state index contributed by atoms with van der Waals surface area (Å²) in [6.07, 6.45) is 18.1. The van der Waals surface area contributed by atoms with Gasteiger partial charge in [0.25, 0.3) is 0 Å². The van der Waals surface area contributed by atoms with Crippen LogP contribution in [0, 0.1) is 0 Å². The van der Waals surface area contributed by atoms with Gasteiger partial charge in [0.1, 0.15) is 0 Å². The molecule has 2 heteroatoms. The predicted molar refractivity (Wildman–Crippen MR) is 331 cm³/mol. The fraction of sp³-hybridized carbons (Fsp3) is 0.0526. The van der Waals surface area contributed by atoms with E-state index in [1.807, 2.05) is 0 Å². The molecule has 0 bridgehead atoms. The van der Waals surface area contributed by atoms with Crippen molar-refractivity contribution >= 4 is 99.0 Å². The summed E-state index contributed by atoms with van der Waals surface area (Å²) in [5, 5.41) is 15.5. The Morgan fingerprint density at radius 3 is 1.12 bits per heavy atom. The Bertz CT molecular complexity index is 4760. The first-order valence-electron chi connectivity index (χ1n) is 27.7. The minimum Gasteiger partial charge on any atom is -0.307 e. The number of hydrogen-bond acceptors (Lipinski definition) is 0. The number of rotatable bonds is 6. The lowest BCUT2D eigenvalue weighted by Crippen LogP contribution is -2.06. The second-order valence-electron chi connectivity index (χ2n) is 22.0. The van der Waals surface area contributed by atoms with E-state index in [0.29, 0.717) is 0 Å². The lowest BCUT2D eigenvalue weighted by Gasteiger charge is -2.25. The molecule has 4 aliphatic rings. The van der Waals surface area contributed by atoms with Crippen LogP contribution in [0.25, 0.3) is 155 Å². The van der Waals surface area contributed by atoms with E-state index in [4.69, 9.17) is 0 Å². The van der Waals surface area contributed by atoms with Gasteiger partial charge in [0.15, 0.2) is 0 Å². The van der Waals surface area contributed by atoms with Crippen LogP contribution in [-0.4, -0.2) is 9.13 Å². The maximum atomic E-state index is 2.66. The summed E-state index contributed by atoms with van der Waals surface area (Å²) >= 11 is 0. The fourth-order valence-electron chi connectivity index (χ4n) is 14.9. The molecule has 2 heterocycles. The van der Waals surface area contributed by atoms with Gasteiger partial charge in [-0.2, -0.15) is 0 Å². The highest BCUT2D eigenvalue weighted by molar-refractivity contribution is 6.35. The summed E-state index contributed by atoms with van der Waals surface area (Å²) in [5.41, 5.74) is 25.8. The van der Waals surface area contributed by atoms with Gasteiger partial charge in [-0.05, 0) is 149 Å². The van der Waals surface area contributed by atoms with Crippen LogP contribution < -0.4 is 0 Å². The summed E-state index contributed by atoms with van der Waals surface area (Å²) < 4.78 is 5.33. The molecule has 0 spiro atoms. The van der Waals surface area contributed by atoms with Gasteiger partial charge in [0.2, 0.25) is 0 Å². The first-order valence-corrected chi connectivity index (χ1v) is 27.7. The number of allylic oxidation sites excluding steroid dienone is 6. The van der Waals surface area contributed by atoms with Crippen molar-refractivity contribution in [3.8, 4) is 56.1 Å². The number of fused-ring (bicyclic) bond motifs is 4. The van der Waals surface area contributed by atoms with Crippen LogP contribution in [0.4, 0.5) is 0 Å².